The van der Waals surface area contributed by atoms with Crippen LogP contribution >= 0.6 is 47.8 Å². The molecule has 0 aliphatic carbocycles. The maximum atomic E-state index is 5.98. The normalized spacial score (nSPS) is 10.5. The number of hydrogen-bond donors (Lipinski definition) is 0. The molecule has 0 bridgehead atoms. The zero-order chi connectivity index (χ0) is 13.8. The molecule has 0 fully saturated rings. The highest BCUT2D eigenvalue weighted by Gasteiger charge is 2.08. The summed E-state index contributed by atoms with van der Waals surface area (Å²) >= 11 is 10.5. The number of halogens is 3. The first-order valence-corrected chi connectivity index (χ1v) is 8.53. The van der Waals surface area contributed by atoms with Crippen LogP contribution in [-0.4, -0.2) is 0 Å². The Morgan fingerprint density at radius 1 is 1.05 bits per heavy atom. The molecule has 0 aliphatic heterocycles. The van der Waals surface area contributed by atoms with Crippen molar-refractivity contribution in [1.82, 2.24) is 0 Å². The summed E-state index contributed by atoms with van der Waals surface area (Å²) in [6.07, 6.45) is 0. The maximum Gasteiger partial charge on any atom is 0.126 e. The molecule has 2 aromatic carbocycles. The minimum absolute atomic E-state index is 0.571. The second-order valence-electron chi connectivity index (χ2n) is 4.26. The molecular formula is C15H13Br3O. The fraction of sp³-hybridized carbons (Fsp3) is 0.200. The summed E-state index contributed by atoms with van der Waals surface area (Å²) in [6.45, 7) is 2.63. The molecule has 0 radical (unpaired) electrons. The summed E-state index contributed by atoms with van der Waals surface area (Å²) < 4.78 is 8.13. The van der Waals surface area contributed by atoms with Gasteiger partial charge in [0.1, 0.15) is 12.4 Å². The SMILES string of the molecule is Cc1cc(Br)cc(CBr)c1OCc1cccc(Br)c1. The Kier molecular flexibility index (Phi) is 5.48. The van der Waals surface area contributed by atoms with Gasteiger partial charge in [0.15, 0.2) is 0 Å². The van der Waals surface area contributed by atoms with E-state index < -0.39 is 0 Å². The van der Waals surface area contributed by atoms with Gasteiger partial charge in [-0.25, -0.2) is 0 Å². The molecule has 0 aromatic heterocycles. The van der Waals surface area contributed by atoms with E-state index in [2.05, 4.69) is 79.0 Å². The predicted molar refractivity (Wildman–Crippen MR) is 90.0 cm³/mol. The van der Waals surface area contributed by atoms with E-state index in [1.165, 1.54) is 0 Å². The topological polar surface area (TPSA) is 9.23 Å². The smallest absolute Gasteiger partial charge is 0.126 e. The molecule has 0 saturated heterocycles. The van der Waals surface area contributed by atoms with Gasteiger partial charge in [0, 0.05) is 19.8 Å². The summed E-state index contributed by atoms with van der Waals surface area (Å²) in [7, 11) is 0. The van der Waals surface area contributed by atoms with E-state index in [1.54, 1.807) is 0 Å². The molecule has 19 heavy (non-hydrogen) atoms. The van der Waals surface area contributed by atoms with E-state index in [9.17, 15) is 0 Å². The lowest BCUT2D eigenvalue weighted by molar-refractivity contribution is 0.301. The molecule has 0 heterocycles. The van der Waals surface area contributed by atoms with Crippen molar-refractivity contribution in [3.8, 4) is 5.75 Å². The van der Waals surface area contributed by atoms with Crippen LogP contribution in [-0.2, 0) is 11.9 Å². The summed E-state index contributed by atoms with van der Waals surface area (Å²) in [6, 6.07) is 12.3. The van der Waals surface area contributed by atoms with E-state index >= 15 is 0 Å². The van der Waals surface area contributed by atoms with Gasteiger partial charge in [0.2, 0.25) is 0 Å². The van der Waals surface area contributed by atoms with E-state index in [1.807, 2.05) is 12.1 Å². The molecule has 0 saturated carbocycles. The first-order chi connectivity index (χ1) is 9.10. The highest BCUT2D eigenvalue weighted by Crippen LogP contribution is 2.30. The molecule has 2 rings (SSSR count). The Balaban J connectivity index is 2.19. The molecular weight excluding hydrogens is 436 g/mol. The van der Waals surface area contributed by atoms with Crippen LogP contribution in [0.4, 0.5) is 0 Å². The number of alkyl halides is 1. The molecule has 0 N–H and O–H groups in total. The third-order valence-corrected chi connectivity index (χ3v) is 4.29. The van der Waals surface area contributed by atoms with Gasteiger partial charge in [-0.05, 0) is 42.3 Å². The van der Waals surface area contributed by atoms with Crippen LogP contribution in [0.25, 0.3) is 0 Å². The number of ether oxygens (including phenoxy) is 1. The lowest BCUT2D eigenvalue weighted by Crippen LogP contribution is -2.00. The molecule has 100 valence electrons. The zero-order valence-corrected chi connectivity index (χ0v) is 15.2. The van der Waals surface area contributed by atoms with Crippen molar-refractivity contribution in [2.24, 2.45) is 0 Å². The number of benzene rings is 2. The molecule has 0 unspecified atom stereocenters. The van der Waals surface area contributed by atoms with Crippen molar-refractivity contribution in [2.75, 3.05) is 0 Å². The van der Waals surface area contributed by atoms with Gasteiger partial charge < -0.3 is 4.74 Å². The first-order valence-electron chi connectivity index (χ1n) is 5.82. The van der Waals surface area contributed by atoms with Crippen molar-refractivity contribution in [3.05, 3.63) is 62.0 Å². The Morgan fingerprint density at radius 3 is 2.53 bits per heavy atom. The third kappa shape index (κ3) is 4.07. The fourth-order valence-electron chi connectivity index (χ4n) is 1.89. The first kappa shape index (κ1) is 15.1. The van der Waals surface area contributed by atoms with Crippen LogP contribution in [0.15, 0.2) is 45.3 Å². The van der Waals surface area contributed by atoms with Crippen LogP contribution in [0.1, 0.15) is 16.7 Å². The minimum Gasteiger partial charge on any atom is -0.488 e. The van der Waals surface area contributed by atoms with Gasteiger partial charge in [-0.1, -0.05) is 59.9 Å². The van der Waals surface area contributed by atoms with E-state index in [4.69, 9.17) is 4.74 Å². The highest BCUT2D eigenvalue weighted by atomic mass is 79.9. The molecule has 0 amide bonds. The lowest BCUT2D eigenvalue weighted by Gasteiger charge is -2.14. The van der Waals surface area contributed by atoms with Gasteiger partial charge in [-0.2, -0.15) is 0 Å². The minimum atomic E-state index is 0.571. The molecule has 4 heteroatoms. The molecule has 0 spiro atoms. The van der Waals surface area contributed by atoms with Gasteiger partial charge in [-0.15, -0.1) is 0 Å². The Hall–Kier alpha value is -0.320. The second-order valence-corrected chi connectivity index (χ2v) is 6.66. The Bertz CT molecular complexity index is 582. The van der Waals surface area contributed by atoms with Crippen LogP contribution in [0.5, 0.6) is 5.75 Å². The highest BCUT2D eigenvalue weighted by molar-refractivity contribution is 9.10. The van der Waals surface area contributed by atoms with Crippen molar-refractivity contribution >= 4 is 47.8 Å². The van der Waals surface area contributed by atoms with E-state index in [0.29, 0.717) is 6.61 Å². The number of rotatable bonds is 4. The molecule has 1 nitrogen and oxygen atoms in total. The maximum absolute atomic E-state index is 5.98. The Labute approximate surface area is 138 Å². The van der Waals surface area contributed by atoms with Crippen LogP contribution in [0.2, 0.25) is 0 Å². The predicted octanol–water partition coefficient (Wildman–Crippen LogP) is 5.99. The van der Waals surface area contributed by atoms with Crippen LogP contribution < -0.4 is 4.74 Å². The van der Waals surface area contributed by atoms with Gasteiger partial charge in [-0.3, -0.25) is 0 Å². The number of aryl methyl sites for hydroxylation is 1. The van der Waals surface area contributed by atoms with E-state index in [0.717, 1.165) is 36.7 Å². The van der Waals surface area contributed by atoms with Gasteiger partial charge >= 0.3 is 0 Å². The average molecular weight is 449 g/mol. The van der Waals surface area contributed by atoms with Crippen molar-refractivity contribution in [2.45, 2.75) is 18.9 Å². The largest absolute Gasteiger partial charge is 0.488 e. The monoisotopic (exact) mass is 446 g/mol. The van der Waals surface area contributed by atoms with Crippen molar-refractivity contribution < 1.29 is 4.74 Å². The summed E-state index contributed by atoms with van der Waals surface area (Å²) in [5, 5.41) is 0.779. The third-order valence-electron chi connectivity index (χ3n) is 2.73. The number of hydrogen-bond acceptors (Lipinski definition) is 1. The standard InChI is InChI=1S/C15H13Br3O/c1-10-5-14(18)7-12(8-16)15(10)19-9-11-3-2-4-13(17)6-11/h2-7H,8-9H2,1H3. The average Bonchev–Trinajstić information content (AvgIpc) is 2.37. The summed E-state index contributed by atoms with van der Waals surface area (Å²) in [5.41, 5.74) is 3.44. The van der Waals surface area contributed by atoms with Gasteiger partial charge in [0.25, 0.3) is 0 Å². The summed E-state index contributed by atoms with van der Waals surface area (Å²) in [5.74, 6) is 0.958. The van der Waals surface area contributed by atoms with Crippen LogP contribution in [0, 0.1) is 6.92 Å². The lowest BCUT2D eigenvalue weighted by atomic mass is 10.1. The van der Waals surface area contributed by atoms with Crippen LogP contribution in [0.3, 0.4) is 0 Å². The molecule has 0 aliphatic rings. The van der Waals surface area contributed by atoms with Crippen molar-refractivity contribution in [3.63, 3.8) is 0 Å². The van der Waals surface area contributed by atoms with Crippen molar-refractivity contribution in [1.29, 1.82) is 0 Å². The molecule has 2 aromatic rings. The zero-order valence-electron chi connectivity index (χ0n) is 10.4. The van der Waals surface area contributed by atoms with Gasteiger partial charge in [0.05, 0.1) is 0 Å². The quantitative estimate of drug-likeness (QED) is 0.522. The Morgan fingerprint density at radius 2 is 1.84 bits per heavy atom. The summed E-state index contributed by atoms with van der Waals surface area (Å²) in [4.78, 5) is 0. The fourth-order valence-corrected chi connectivity index (χ4v) is 3.37. The second kappa shape index (κ2) is 6.91. The van der Waals surface area contributed by atoms with E-state index in [-0.39, 0.29) is 0 Å². The molecule has 0 atom stereocenters.